The van der Waals surface area contributed by atoms with E-state index in [-0.39, 0.29) is 0 Å². The summed E-state index contributed by atoms with van der Waals surface area (Å²) in [6.45, 7) is 0. The molecule has 16 heavy (non-hydrogen) atoms. The van der Waals surface area contributed by atoms with Gasteiger partial charge < -0.3 is 0 Å². The van der Waals surface area contributed by atoms with E-state index in [9.17, 15) is 0 Å². The highest BCUT2D eigenvalue weighted by Crippen LogP contribution is 2.43. The Hall–Kier alpha value is -0.380. The molecule has 1 heterocycles. The highest BCUT2D eigenvalue weighted by Gasteiger charge is 2.40. The zero-order valence-corrected chi connectivity index (χ0v) is 11.5. The number of alkyl halides is 1. The second-order valence-electron chi connectivity index (χ2n) is 4.97. The van der Waals surface area contributed by atoms with Gasteiger partial charge in [-0.3, -0.25) is 0 Å². The molecule has 2 aliphatic rings. The first-order valence-corrected chi connectivity index (χ1v) is 7.35. The number of hydrogen-bond acceptors (Lipinski definition) is 0. The fourth-order valence-electron chi connectivity index (χ4n) is 3.12. The normalized spacial score (nSPS) is 37.3. The Bertz CT molecular complexity index is 387. The van der Waals surface area contributed by atoms with Gasteiger partial charge in [0.15, 0.2) is 18.4 Å². The van der Waals surface area contributed by atoms with Gasteiger partial charge >= 0.3 is 0 Å². The van der Waals surface area contributed by atoms with Crippen LogP contribution in [0.4, 0.5) is 0 Å². The lowest BCUT2D eigenvalue weighted by Gasteiger charge is -2.32. The van der Waals surface area contributed by atoms with E-state index >= 15 is 0 Å². The van der Waals surface area contributed by atoms with Crippen LogP contribution in [0.5, 0.6) is 0 Å². The van der Waals surface area contributed by atoms with Gasteiger partial charge in [0.05, 0.1) is 3.92 Å². The Kier molecular flexibility index (Phi) is 3.01. The summed E-state index contributed by atoms with van der Waals surface area (Å²) in [6.07, 6.45) is 13.3. The molecule has 4 atom stereocenters. The molecule has 0 unspecified atom stereocenters. The molecule has 0 bridgehead atoms. The number of halogens is 1. The minimum Gasteiger partial charge on any atom is -0.201 e. The monoisotopic (exact) mass is 326 g/mol. The molecule has 1 nitrogen and oxygen atoms in total. The molecule has 0 aliphatic heterocycles. The van der Waals surface area contributed by atoms with Gasteiger partial charge in [-0.2, -0.15) is 0 Å². The lowest BCUT2D eigenvalue weighted by Crippen LogP contribution is -2.47. The molecule has 0 amide bonds. The molecule has 0 saturated heterocycles. The van der Waals surface area contributed by atoms with E-state index in [0.717, 1.165) is 15.8 Å². The zero-order chi connectivity index (χ0) is 11.0. The summed E-state index contributed by atoms with van der Waals surface area (Å²) in [7, 11) is 0. The fraction of sp³-hybridized carbons (Fsp3) is 0.500. The van der Waals surface area contributed by atoms with Gasteiger partial charge in [-0.25, -0.2) is 4.57 Å². The van der Waals surface area contributed by atoms with Gasteiger partial charge in [-0.15, -0.1) is 0 Å². The van der Waals surface area contributed by atoms with E-state index in [0.29, 0.717) is 6.04 Å². The van der Waals surface area contributed by atoms with Crippen molar-refractivity contribution >= 4 is 22.6 Å². The van der Waals surface area contributed by atoms with Crippen LogP contribution in [0.2, 0.25) is 0 Å². The summed E-state index contributed by atoms with van der Waals surface area (Å²) in [5.41, 5.74) is 0. The van der Waals surface area contributed by atoms with Gasteiger partial charge in [-0.1, -0.05) is 40.8 Å². The van der Waals surface area contributed by atoms with Gasteiger partial charge in [0.2, 0.25) is 0 Å². The lowest BCUT2D eigenvalue weighted by atomic mass is 9.79. The SMILES string of the molecule is I[C@@H]1C[C@@H]2CC=C[C@@H]2C[C@H]1[n+]1ccccc1. The lowest BCUT2D eigenvalue weighted by molar-refractivity contribution is -0.724. The smallest absolute Gasteiger partial charge is 0.170 e. The van der Waals surface area contributed by atoms with Crippen LogP contribution in [0.15, 0.2) is 42.7 Å². The van der Waals surface area contributed by atoms with Crippen molar-refractivity contribution in [2.24, 2.45) is 11.8 Å². The topological polar surface area (TPSA) is 3.88 Å². The number of hydrogen-bond donors (Lipinski definition) is 0. The first kappa shape index (κ1) is 10.8. The van der Waals surface area contributed by atoms with Crippen molar-refractivity contribution in [3.63, 3.8) is 0 Å². The summed E-state index contributed by atoms with van der Waals surface area (Å²) in [5, 5.41) is 0. The molecule has 2 heteroatoms. The van der Waals surface area contributed by atoms with Crippen LogP contribution in [-0.2, 0) is 0 Å². The van der Waals surface area contributed by atoms with Crippen LogP contribution in [0.1, 0.15) is 25.3 Å². The molecule has 1 aromatic heterocycles. The molecule has 2 aliphatic carbocycles. The molecule has 1 saturated carbocycles. The maximum Gasteiger partial charge on any atom is 0.170 e. The molecule has 84 valence electrons. The van der Waals surface area contributed by atoms with Crippen molar-refractivity contribution in [1.29, 1.82) is 0 Å². The van der Waals surface area contributed by atoms with Crippen LogP contribution in [0, 0.1) is 11.8 Å². The van der Waals surface area contributed by atoms with Crippen molar-refractivity contribution < 1.29 is 4.57 Å². The molecule has 0 spiro atoms. The standard InChI is InChI=1S/C14H17IN/c15-13-9-11-5-4-6-12(11)10-14(13)16-7-2-1-3-8-16/h1-4,6-8,11-14H,5,9-10H2/q+1/t11-,12+,13+,14+/m0/s1. The summed E-state index contributed by atoms with van der Waals surface area (Å²) >= 11 is 2.65. The number of nitrogens with zero attached hydrogens (tertiary/aromatic N) is 1. The first-order chi connectivity index (χ1) is 7.84. The maximum absolute atomic E-state index is 2.65. The number of allylic oxidation sites excluding steroid dienone is 2. The highest BCUT2D eigenvalue weighted by molar-refractivity contribution is 14.1. The van der Waals surface area contributed by atoms with Crippen molar-refractivity contribution in [2.75, 3.05) is 0 Å². The van der Waals surface area contributed by atoms with Crippen LogP contribution < -0.4 is 4.57 Å². The quantitative estimate of drug-likeness (QED) is 0.323. The summed E-state index contributed by atoms with van der Waals surface area (Å²) in [6, 6.07) is 7.06. The molecule has 0 N–H and O–H groups in total. The summed E-state index contributed by atoms with van der Waals surface area (Å²) in [5.74, 6) is 1.77. The average Bonchev–Trinajstić information content (AvgIpc) is 2.76. The number of fused-ring (bicyclic) bond motifs is 1. The Morgan fingerprint density at radius 3 is 2.69 bits per heavy atom. The van der Waals surface area contributed by atoms with Crippen LogP contribution in [0.25, 0.3) is 0 Å². The van der Waals surface area contributed by atoms with Gasteiger partial charge in [0, 0.05) is 18.6 Å². The number of aromatic nitrogens is 1. The van der Waals surface area contributed by atoms with E-state index in [1.54, 1.807) is 0 Å². The van der Waals surface area contributed by atoms with Gasteiger partial charge in [-0.05, 0) is 24.7 Å². The third-order valence-corrected chi connectivity index (χ3v) is 5.35. The molecule has 3 rings (SSSR count). The third kappa shape index (κ3) is 1.92. The second kappa shape index (κ2) is 4.47. The molecule has 1 aromatic rings. The average molecular weight is 326 g/mol. The van der Waals surface area contributed by atoms with Gasteiger partial charge in [0.1, 0.15) is 0 Å². The Balaban J connectivity index is 1.83. The summed E-state index contributed by atoms with van der Waals surface area (Å²) in [4.78, 5) is 0. The van der Waals surface area contributed by atoms with Crippen LogP contribution >= 0.6 is 22.6 Å². The fourth-order valence-corrected chi connectivity index (χ4v) is 4.43. The van der Waals surface area contributed by atoms with Crippen LogP contribution in [-0.4, -0.2) is 3.92 Å². The van der Waals surface area contributed by atoms with Crippen molar-refractivity contribution in [3.05, 3.63) is 42.7 Å². The van der Waals surface area contributed by atoms with Crippen molar-refractivity contribution in [2.45, 2.75) is 29.2 Å². The van der Waals surface area contributed by atoms with Crippen molar-refractivity contribution in [3.8, 4) is 0 Å². The Morgan fingerprint density at radius 2 is 1.88 bits per heavy atom. The van der Waals surface area contributed by atoms with E-state index in [1.165, 1.54) is 19.3 Å². The number of rotatable bonds is 1. The number of pyridine rings is 1. The predicted octanol–water partition coefficient (Wildman–Crippen LogP) is 3.30. The van der Waals surface area contributed by atoms with E-state index in [2.05, 4.69) is 69.9 Å². The van der Waals surface area contributed by atoms with E-state index in [1.807, 2.05) is 0 Å². The third-order valence-electron chi connectivity index (χ3n) is 4.01. The van der Waals surface area contributed by atoms with Crippen LogP contribution in [0.3, 0.4) is 0 Å². The van der Waals surface area contributed by atoms with E-state index < -0.39 is 0 Å². The summed E-state index contributed by atoms with van der Waals surface area (Å²) < 4.78 is 3.19. The van der Waals surface area contributed by atoms with Crippen molar-refractivity contribution in [1.82, 2.24) is 0 Å². The molecule has 0 radical (unpaired) electrons. The Morgan fingerprint density at radius 1 is 1.06 bits per heavy atom. The minimum absolute atomic E-state index is 0.686. The van der Waals surface area contributed by atoms with E-state index in [4.69, 9.17) is 0 Å². The molecular weight excluding hydrogens is 309 g/mol. The Labute approximate surface area is 111 Å². The zero-order valence-electron chi connectivity index (χ0n) is 9.30. The largest absolute Gasteiger partial charge is 0.201 e. The molecule has 0 aromatic carbocycles. The molecule has 1 fully saturated rings. The highest BCUT2D eigenvalue weighted by atomic mass is 127. The molecular formula is C14H17IN+. The first-order valence-electron chi connectivity index (χ1n) is 6.11. The maximum atomic E-state index is 2.65. The minimum atomic E-state index is 0.686. The second-order valence-corrected chi connectivity index (χ2v) is 6.57. The predicted molar refractivity (Wildman–Crippen MR) is 73.5 cm³/mol. The van der Waals surface area contributed by atoms with Gasteiger partial charge in [0.25, 0.3) is 0 Å².